The molecule has 0 spiro atoms. The van der Waals surface area contributed by atoms with E-state index in [1.807, 2.05) is 6.20 Å². The van der Waals surface area contributed by atoms with E-state index < -0.39 is 0 Å². The number of aromatic nitrogens is 1. The zero-order valence-electron chi connectivity index (χ0n) is 8.39. The van der Waals surface area contributed by atoms with E-state index in [0.717, 1.165) is 18.9 Å². The quantitative estimate of drug-likeness (QED) is 0.838. The number of fused-ring (bicyclic) bond motifs is 1. The highest BCUT2D eigenvalue weighted by Gasteiger charge is 2.28. The van der Waals surface area contributed by atoms with Gasteiger partial charge in [-0.15, -0.1) is 11.3 Å². The highest BCUT2D eigenvalue weighted by Crippen LogP contribution is 2.32. The Balaban J connectivity index is 2.06. The van der Waals surface area contributed by atoms with Crippen molar-refractivity contribution in [2.75, 3.05) is 18.0 Å². The normalized spacial score (nSPS) is 20.6. The highest BCUT2D eigenvalue weighted by atomic mass is 32.1. The first-order chi connectivity index (χ1) is 7.40. The van der Waals surface area contributed by atoms with Crippen molar-refractivity contribution in [3.05, 3.63) is 23.7 Å². The van der Waals surface area contributed by atoms with Crippen LogP contribution in [-0.4, -0.2) is 24.1 Å². The Hall–Kier alpha value is -1.13. The molecule has 0 aliphatic carbocycles. The fourth-order valence-electron chi connectivity index (χ4n) is 2.07. The maximum absolute atomic E-state index is 5.71. The Labute approximate surface area is 92.5 Å². The lowest BCUT2D eigenvalue weighted by atomic mass is 10.0. The number of rotatable bonds is 2. The molecule has 1 aliphatic heterocycles. The third-order valence-electron chi connectivity index (χ3n) is 3.05. The maximum Gasteiger partial charge on any atom is 0.137 e. The van der Waals surface area contributed by atoms with Crippen molar-refractivity contribution in [2.45, 2.75) is 12.5 Å². The van der Waals surface area contributed by atoms with Crippen LogP contribution in [0.2, 0.25) is 0 Å². The van der Waals surface area contributed by atoms with Gasteiger partial charge in [-0.25, -0.2) is 4.98 Å². The van der Waals surface area contributed by atoms with Crippen LogP contribution >= 0.6 is 11.3 Å². The van der Waals surface area contributed by atoms with Gasteiger partial charge in [0.1, 0.15) is 5.82 Å². The van der Waals surface area contributed by atoms with Gasteiger partial charge in [-0.3, -0.25) is 0 Å². The van der Waals surface area contributed by atoms with Gasteiger partial charge >= 0.3 is 0 Å². The molecule has 3 nitrogen and oxygen atoms in total. The van der Waals surface area contributed by atoms with Gasteiger partial charge in [0, 0.05) is 35.4 Å². The lowest BCUT2D eigenvalue weighted by Crippen LogP contribution is -2.52. The van der Waals surface area contributed by atoms with Crippen molar-refractivity contribution in [1.82, 2.24) is 4.98 Å². The minimum atomic E-state index is 0.489. The first-order valence-electron chi connectivity index (χ1n) is 5.19. The van der Waals surface area contributed by atoms with Gasteiger partial charge in [0.15, 0.2) is 0 Å². The second-order valence-corrected chi connectivity index (χ2v) is 4.79. The maximum atomic E-state index is 5.71. The minimum absolute atomic E-state index is 0.489. The number of nitrogens with zero attached hydrogens (tertiary/aromatic N) is 2. The molecule has 15 heavy (non-hydrogen) atoms. The van der Waals surface area contributed by atoms with Crippen molar-refractivity contribution in [1.29, 1.82) is 0 Å². The molecule has 2 aromatic rings. The number of hydrogen-bond acceptors (Lipinski definition) is 4. The Bertz CT molecular complexity index is 477. The van der Waals surface area contributed by atoms with E-state index >= 15 is 0 Å². The molecule has 1 saturated heterocycles. The van der Waals surface area contributed by atoms with Crippen LogP contribution in [0.15, 0.2) is 23.7 Å². The second-order valence-electron chi connectivity index (χ2n) is 3.84. The number of pyridine rings is 1. The molecular formula is C11H13N3S. The molecule has 1 fully saturated rings. The summed E-state index contributed by atoms with van der Waals surface area (Å²) in [6.45, 7) is 1.81. The number of thiophene rings is 1. The van der Waals surface area contributed by atoms with Gasteiger partial charge in [0.05, 0.1) is 0 Å². The van der Waals surface area contributed by atoms with Crippen LogP contribution in [0.4, 0.5) is 5.82 Å². The molecule has 0 aromatic carbocycles. The predicted octanol–water partition coefficient (Wildman–Crippen LogP) is 1.83. The Kier molecular flexibility index (Phi) is 2.11. The number of anilines is 1. The van der Waals surface area contributed by atoms with E-state index in [2.05, 4.69) is 27.4 Å². The van der Waals surface area contributed by atoms with Gasteiger partial charge in [-0.2, -0.15) is 0 Å². The smallest absolute Gasteiger partial charge is 0.137 e. The molecular weight excluding hydrogens is 206 g/mol. The van der Waals surface area contributed by atoms with E-state index in [1.54, 1.807) is 11.3 Å². The molecule has 0 radical (unpaired) electrons. The summed E-state index contributed by atoms with van der Waals surface area (Å²) in [7, 11) is 0. The van der Waals surface area contributed by atoms with Crippen molar-refractivity contribution < 1.29 is 0 Å². The van der Waals surface area contributed by atoms with Gasteiger partial charge in [-0.1, -0.05) is 0 Å². The Morgan fingerprint density at radius 2 is 2.47 bits per heavy atom. The molecule has 1 aliphatic rings. The van der Waals surface area contributed by atoms with Crippen LogP contribution in [0.25, 0.3) is 10.1 Å². The van der Waals surface area contributed by atoms with Gasteiger partial charge in [0.2, 0.25) is 0 Å². The molecule has 2 N–H and O–H groups in total. The lowest BCUT2D eigenvalue weighted by Gasteiger charge is -2.41. The fraction of sp³-hybridized carbons (Fsp3) is 0.364. The molecule has 1 unspecified atom stereocenters. The molecule has 1 atom stereocenters. The van der Waals surface area contributed by atoms with Crippen molar-refractivity contribution in [2.24, 2.45) is 5.73 Å². The summed E-state index contributed by atoms with van der Waals surface area (Å²) in [5.41, 5.74) is 5.71. The summed E-state index contributed by atoms with van der Waals surface area (Å²) in [4.78, 5) is 6.79. The summed E-state index contributed by atoms with van der Waals surface area (Å²) in [6, 6.07) is 4.71. The zero-order chi connectivity index (χ0) is 10.3. The standard InChI is InChI=1S/C11H13N3S/c12-7-8-2-5-14(8)11-9-3-6-15-10(9)1-4-13-11/h1,3-4,6,8H,2,5,7,12H2. The summed E-state index contributed by atoms with van der Waals surface area (Å²) < 4.78 is 1.31. The largest absolute Gasteiger partial charge is 0.352 e. The number of nitrogens with two attached hydrogens (primary N) is 1. The monoisotopic (exact) mass is 219 g/mol. The van der Waals surface area contributed by atoms with Gasteiger partial charge < -0.3 is 10.6 Å². The second kappa shape index (κ2) is 3.47. The Morgan fingerprint density at radius 1 is 1.53 bits per heavy atom. The van der Waals surface area contributed by atoms with E-state index in [9.17, 15) is 0 Å². The van der Waals surface area contributed by atoms with Crippen LogP contribution in [0.1, 0.15) is 6.42 Å². The van der Waals surface area contributed by atoms with Crippen LogP contribution < -0.4 is 10.6 Å². The summed E-state index contributed by atoms with van der Waals surface area (Å²) in [5, 5.41) is 3.38. The Morgan fingerprint density at radius 3 is 3.20 bits per heavy atom. The average molecular weight is 219 g/mol. The van der Waals surface area contributed by atoms with E-state index in [1.165, 1.54) is 16.5 Å². The lowest BCUT2D eigenvalue weighted by molar-refractivity contribution is 0.453. The third-order valence-corrected chi connectivity index (χ3v) is 3.93. The first kappa shape index (κ1) is 9.12. The zero-order valence-corrected chi connectivity index (χ0v) is 9.20. The third kappa shape index (κ3) is 1.33. The molecule has 0 saturated carbocycles. The van der Waals surface area contributed by atoms with E-state index in [-0.39, 0.29) is 0 Å². The molecule has 2 aromatic heterocycles. The fourth-order valence-corrected chi connectivity index (χ4v) is 2.85. The minimum Gasteiger partial charge on any atom is -0.352 e. The predicted molar refractivity (Wildman–Crippen MR) is 64.4 cm³/mol. The van der Waals surface area contributed by atoms with E-state index in [4.69, 9.17) is 5.73 Å². The topological polar surface area (TPSA) is 42.1 Å². The first-order valence-corrected chi connectivity index (χ1v) is 6.07. The highest BCUT2D eigenvalue weighted by molar-refractivity contribution is 7.17. The SMILES string of the molecule is NCC1CCN1c1nccc2sccc12. The summed E-state index contributed by atoms with van der Waals surface area (Å²) in [6.07, 6.45) is 3.08. The van der Waals surface area contributed by atoms with Crippen LogP contribution in [-0.2, 0) is 0 Å². The molecule has 0 amide bonds. The molecule has 78 valence electrons. The van der Waals surface area contributed by atoms with Crippen LogP contribution in [0, 0.1) is 0 Å². The van der Waals surface area contributed by atoms with E-state index in [0.29, 0.717) is 6.04 Å². The van der Waals surface area contributed by atoms with Crippen molar-refractivity contribution >= 4 is 27.2 Å². The summed E-state index contributed by atoms with van der Waals surface area (Å²) in [5.74, 6) is 1.11. The van der Waals surface area contributed by atoms with Crippen molar-refractivity contribution in [3.63, 3.8) is 0 Å². The number of hydrogen-bond donors (Lipinski definition) is 1. The molecule has 3 heterocycles. The van der Waals surface area contributed by atoms with Gasteiger partial charge in [0.25, 0.3) is 0 Å². The van der Waals surface area contributed by atoms with Crippen LogP contribution in [0.3, 0.4) is 0 Å². The average Bonchev–Trinajstić information content (AvgIpc) is 2.65. The summed E-state index contributed by atoms with van der Waals surface area (Å²) >= 11 is 1.76. The van der Waals surface area contributed by atoms with Crippen LogP contribution in [0.5, 0.6) is 0 Å². The van der Waals surface area contributed by atoms with Crippen molar-refractivity contribution in [3.8, 4) is 0 Å². The van der Waals surface area contributed by atoms with Gasteiger partial charge in [-0.05, 0) is 23.9 Å². The molecule has 4 heteroatoms. The molecule has 3 rings (SSSR count). The molecule has 0 bridgehead atoms.